The molecule has 18 heavy (non-hydrogen) atoms. The molecule has 0 saturated heterocycles. The minimum Gasteiger partial charge on any atom is -0.497 e. The third-order valence-electron chi connectivity index (χ3n) is 2.31. The Morgan fingerprint density at radius 3 is 2.72 bits per heavy atom. The molecular weight excluding hydrogens is 261 g/mol. The van der Waals surface area contributed by atoms with Crippen molar-refractivity contribution in [3.8, 4) is 5.75 Å². The molecule has 0 aliphatic heterocycles. The van der Waals surface area contributed by atoms with Gasteiger partial charge in [0.25, 0.3) is 5.91 Å². The molecule has 0 aromatic heterocycles. The zero-order valence-corrected chi connectivity index (χ0v) is 11.0. The molecule has 1 aromatic rings. The second-order valence-corrected chi connectivity index (χ2v) is 3.93. The average molecular weight is 276 g/mol. The summed E-state index contributed by atoms with van der Waals surface area (Å²) in [6.07, 6.45) is 0. The first-order chi connectivity index (χ1) is 8.62. The lowest BCUT2D eigenvalue weighted by Gasteiger charge is -2.15. The van der Waals surface area contributed by atoms with Crippen LogP contribution in [-0.2, 0) is 4.74 Å². The monoisotopic (exact) mass is 275 g/mol. The lowest BCUT2D eigenvalue weighted by Crippen LogP contribution is -2.39. The lowest BCUT2D eigenvalue weighted by atomic mass is 10.2. The van der Waals surface area contributed by atoms with Crippen LogP contribution in [0.15, 0.2) is 18.2 Å². The summed E-state index contributed by atoms with van der Waals surface area (Å²) >= 11 is 5.66. The number of halogens is 2. The van der Waals surface area contributed by atoms with Crippen molar-refractivity contribution in [3.63, 3.8) is 0 Å². The zero-order valence-electron chi connectivity index (χ0n) is 10.2. The quantitative estimate of drug-likeness (QED) is 0.806. The van der Waals surface area contributed by atoms with Crippen LogP contribution >= 0.6 is 11.6 Å². The summed E-state index contributed by atoms with van der Waals surface area (Å²) < 4.78 is 23.4. The number of ether oxygens (including phenoxy) is 2. The van der Waals surface area contributed by atoms with E-state index >= 15 is 0 Å². The van der Waals surface area contributed by atoms with Crippen molar-refractivity contribution in [3.05, 3.63) is 29.6 Å². The SMILES string of the molecule is COCC(CCl)NC(=O)c1ccc(OC)cc1F. The normalized spacial score (nSPS) is 12.0. The van der Waals surface area contributed by atoms with Gasteiger partial charge in [-0.1, -0.05) is 0 Å². The van der Waals surface area contributed by atoms with E-state index in [0.29, 0.717) is 5.75 Å². The highest BCUT2D eigenvalue weighted by Gasteiger charge is 2.16. The molecule has 1 aromatic carbocycles. The van der Waals surface area contributed by atoms with E-state index in [1.165, 1.54) is 26.4 Å². The van der Waals surface area contributed by atoms with Crippen molar-refractivity contribution in [1.82, 2.24) is 5.32 Å². The van der Waals surface area contributed by atoms with Gasteiger partial charge in [0.2, 0.25) is 0 Å². The van der Waals surface area contributed by atoms with E-state index in [2.05, 4.69) is 5.32 Å². The highest BCUT2D eigenvalue weighted by molar-refractivity contribution is 6.18. The van der Waals surface area contributed by atoms with Crippen molar-refractivity contribution in [1.29, 1.82) is 0 Å². The number of carbonyl (C=O) groups is 1. The maximum Gasteiger partial charge on any atom is 0.254 e. The van der Waals surface area contributed by atoms with Crippen LogP contribution < -0.4 is 10.1 Å². The average Bonchev–Trinajstić information content (AvgIpc) is 2.37. The molecule has 0 saturated carbocycles. The molecule has 6 heteroatoms. The number of amides is 1. The fourth-order valence-electron chi connectivity index (χ4n) is 1.40. The number of hydrogen-bond donors (Lipinski definition) is 1. The first kappa shape index (κ1) is 14.7. The molecule has 1 rings (SSSR count). The molecule has 0 aliphatic carbocycles. The van der Waals surface area contributed by atoms with E-state index in [1.807, 2.05) is 0 Å². The van der Waals surface area contributed by atoms with Crippen LogP contribution in [0, 0.1) is 5.82 Å². The fraction of sp³-hybridized carbons (Fsp3) is 0.417. The Balaban J connectivity index is 2.77. The van der Waals surface area contributed by atoms with Crippen LogP contribution in [0.5, 0.6) is 5.75 Å². The second kappa shape index (κ2) is 7.18. The summed E-state index contributed by atoms with van der Waals surface area (Å²) in [5, 5.41) is 2.59. The Kier molecular flexibility index (Phi) is 5.88. The molecule has 0 radical (unpaired) electrons. The molecule has 0 heterocycles. The number of methoxy groups -OCH3 is 2. The van der Waals surface area contributed by atoms with Crippen LogP contribution in [0.4, 0.5) is 4.39 Å². The summed E-state index contributed by atoms with van der Waals surface area (Å²) in [6.45, 7) is 0.271. The van der Waals surface area contributed by atoms with Crippen LogP contribution in [0.3, 0.4) is 0 Å². The summed E-state index contributed by atoms with van der Waals surface area (Å²) in [5.74, 6) is -0.623. The third kappa shape index (κ3) is 3.85. The number of carbonyl (C=O) groups excluding carboxylic acids is 1. The van der Waals surface area contributed by atoms with Gasteiger partial charge >= 0.3 is 0 Å². The molecule has 1 N–H and O–H groups in total. The predicted octanol–water partition coefficient (Wildman–Crippen LogP) is 1.82. The topological polar surface area (TPSA) is 47.6 Å². The Morgan fingerprint density at radius 2 is 2.22 bits per heavy atom. The number of nitrogens with one attached hydrogen (secondary N) is 1. The zero-order chi connectivity index (χ0) is 13.5. The molecule has 0 aliphatic rings. The van der Waals surface area contributed by atoms with Gasteiger partial charge in [-0.15, -0.1) is 11.6 Å². The smallest absolute Gasteiger partial charge is 0.254 e. The van der Waals surface area contributed by atoms with Gasteiger partial charge in [-0.3, -0.25) is 4.79 Å². The fourth-order valence-corrected chi connectivity index (χ4v) is 1.56. The summed E-state index contributed by atoms with van der Waals surface area (Å²) in [7, 11) is 2.93. The second-order valence-electron chi connectivity index (χ2n) is 3.63. The minimum absolute atomic E-state index is 0.0537. The Bertz CT molecular complexity index is 414. The number of rotatable bonds is 6. The first-order valence-electron chi connectivity index (χ1n) is 5.31. The molecule has 0 bridgehead atoms. The van der Waals surface area contributed by atoms with Crippen molar-refractivity contribution < 1.29 is 18.7 Å². The Labute approximate surface area is 110 Å². The highest BCUT2D eigenvalue weighted by atomic mass is 35.5. The maximum absolute atomic E-state index is 13.6. The highest BCUT2D eigenvalue weighted by Crippen LogP contribution is 2.16. The van der Waals surface area contributed by atoms with E-state index in [-0.39, 0.29) is 24.1 Å². The van der Waals surface area contributed by atoms with Gasteiger partial charge in [0, 0.05) is 19.1 Å². The maximum atomic E-state index is 13.6. The predicted molar refractivity (Wildman–Crippen MR) is 66.8 cm³/mol. The molecule has 4 nitrogen and oxygen atoms in total. The minimum atomic E-state index is -0.641. The van der Waals surface area contributed by atoms with E-state index in [4.69, 9.17) is 21.1 Å². The van der Waals surface area contributed by atoms with Gasteiger partial charge in [-0.2, -0.15) is 0 Å². The van der Waals surface area contributed by atoms with Crippen LogP contribution in [0.2, 0.25) is 0 Å². The van der Waals surface area contributed by atoms with Crippen LogP contribution in [-0.4, -0.2) is 38.7 Å². The largest absolute Gasteiger partial charge is 0.497 e. The van der Waals surface area contributed by atoms with Gasteiger partial charge in [-0.25, -0.2) is 4.39 Å². The molecule has 100 valence electrons. The van der Waals surface area contributed by atoms with Crippen molar-refractivity contribution >= 4 is 17.5 Å². The van der Waals surface area contributed by atoms with Crippen molar-refractivity contribution in [2.24, 2.45) is 0 Å². The summed E-state index contributed by atoms with van der Waals surface area (Å²) in [4.78, 5) is 11.8. The molecule has 1 atom stereocenters. The van der Waals surface area contributed by atoms with Gasteiger partial charge in [0.05, 0.1) is 25.3 Å². The molecular formula is C12H15ClFNO3. The van der Waals surface area contributed by atoms with E-state index < -0.39 is 11.7 Å². The Hall–Kier alpha value is -1.33. The van der Waals surface area contributed by atoms with Crippen LogP contribution in [0.1, 0.15) is 10.4 Å². The van der Waals surface area contributed by atoms with Gasteiger partial charge < -0.3 is 14.8 Å². The van der Waals surface area contributed by atoms with E-state index in [9.17, 15) is 9.18 Å². The number of alkyl halides is 1. The third-order valence-corrected chi connectivity index (χ3v) is 2.68. The van der Waals surface area contributed by atoms with Gasteiger partial charge in [0.15, 0.2) is 0 Å². The Morgan fingerprint density at radius 1 is 1.50 bits per heavy atom. The number of hydrogen-bond acceptors (Lipinski definition) is 3. The first-order valence-corrected chi connectivity index (χ1v) is 5.85. The molecule has 0 spiro atoms. The lowest BCUT2D eigenvalue weighted by molar-refractivity contribution is 0.0903. The van der Waals surface area contributed by atoms with Gasteiger partial charge in [0.1, 0.15) is 11.6 Å². The molecule has 0 fully saturated rings. The van der Waals surface area contributed by atoms with Gasteiger partial charge in [-0.05, 0) is 12.1 Å². The number of benzene rings is 1. The standard InChI is InChI=1S/C12H15ClFNO3/c1-17-7-8(6-13)15-12(16)10-4-3-9(18-2)5-11(10)14/h3-5,8H,6-7H2,1-2H3,(H,15,16). The molecule has 1 amide bonds. The van der Waals surface area contributed by atoms with Crippen molar-refractivity contribution in [2.45, 2.75) is 6.04 Å². The summed E-state index contributed by atoms with van der Waals surface area (Å²) in [5.41, 5.74) is -0.0537. The van der Waals surface area contributed by atoms with Crippen molar-refractivity contribution in [2.75, 3.05) is 26.7 Å². The van der Waals surface area contributed by atoms with E-state index in [0.717, 1.165) is 6.07 Å². The summed E-state index contributed by atoms with van der Waals surface area (Å²) in [6, 6.07) is 3.68. The molecule has 1 unspecified atom stereocenters. The van der Waals surface area contributed by atoms with Crippen LogP contribution in [0.25, 0.3) is 0 Å². The van der Waals surface area contributed by atoms with E-state index in [1.54, 1.807) is 0 Å².